The van der Waals surface area contributed by atoms with Crippen LogP contribution in [0.1, 0.15) is 27.3 Å². The van der Waals surface area contributed by atoms with E-state index in [1.54, 1.807) is 23.5 Å². The molecule has 0 spiro atoms. The molecule has 8 nitrogen and oxygen atoms in total. The molecule has 0 bridgehead atoms. The lowest BCUT2D eigenvalue weighted by Gasteiger charge is -2.26. The molecule has 0 aliphatic carbocycles. The zero-order valence-electron chi connectivity index (χ0n) is 16.5. The number of fused-ring (bicyclic) bond motifs is 2. The van der Waals surface area contributed by atoms with Crippen LogP contribution in [0.25, 0.3) is 21.7 Å². The summed E-state index contributed by atoms with van der Waals surface area (Å²) in [5, 5.41) is 8.52. The molecule has 0 unspecified atom stereocenters. The van der Waals surface area contributed by atoms with Crippen LogP contribution in [0.2, 0.25) is 0 Å². The maximum atomic E-state index is 13.2. The van der Waals surface area contributed by atoms with Gasteiger partial charge in [0.2, 0.25) is 0 Å². The molecule has 0 fully saturated rings. The van der Waals surface area contributed by atoms with Crippen molar-refractivity contribution >= 4 is 27.6 Å². The van der Waals surface area contributed by atoms with E-state index in [4.69, 9.17) is 0 Å². The van der Waals surface area contributed by atoms with Crippen molar-refractivity contribution in [1.29, 1.82) is 0 Å². The summed E-state index contributed by atoms with van der Waals surface area (Å²) >= 11 is 1.41. The van der Waals surface area contributed by atoms with E-state index in [1.165, 1.54) is 29.3 Å². The lowest BCUT2D eigenvalue weighted by molar-refractivity contribution is -0.143. The third kappa shape index (κ3) is 3.26. The Hall–Kier alpha value is -3.28. The average molecular weight is 447 g/mol. The predicted molar refractivity (Wildman–Crippen MR) is 106 cm³/mol. The molecule has 0 aromatic carbocycles. The molecular weight excluding hydrogens is 431 g/mol. The Morgan fingerprint density at radius 3 is 2.68 bits per heavy atom. The molecule has 0 N–H and O–H groups in total. The first-order valence-corrected chi connectivity index (χ1v) is 10.2. The molecule has 4 aromatic heterocycles. The van der Waals surface area contributed by atoms with Crippen molar-refractivity contribution < 1.29 is 18.0 Å². The zero-order valence-corrected chi connectivity index (χ0v) is 17.3. The van der Waals surface area contributed by atoms with Crippen molar-refractivity contribution in [3.8, 4) is 11.4 Å². The van der Waals surface area contributed by atoms with Gasteiger partial charge in [-0.25, -0.2) is 9.97 Å². The van der Waals surface area contributed by atoms with E-state index in [0.717, 1.165) is 21.0 Å². The summed E-state index contributed by atoms with van der Waals surface area (Å²) in [6.07, 6.45) is -2.51. The molecule has 31 heavy (non-hydrogen) atoms. The predicted octanol–water partition coefficient (Wildman–Crippen LogP) is 3.04. The molecule has 0 atom stereocenters. The number of carbonyl (C=O) groups is 1. The Labute approximate surface area is 177 Å². The van der Waals surface area contributed by atoms with Crippen molar-refractivity contribution in [2.45, 2.75) is 19.1 Å². The summed E-state index contributed by atoms with van der Waals surface area (Å²) in [5.74, 6) is -0.169. The highest BCUT2D eigenvalue weighted by atomic mass is 32.1. The zero-order chi connectivity index (χ0) is 21.9. The second kappa shape index (κ2) is 6.87. The summed E-state index contributed by atoms with van der Waals surface area (Å²) in [5.41, 5.74) is 4.15. The second-order valence-electron chi connectivity index (χ2n) is 7.31. The van der Waals surface area contributed by atoms with Gasteiger partial charge in [-0.15, -0.1) is 11.3 Å². The molecule has 4 aromatic rings. The number of rotatable bonds is 2. The smallest absolute Gasteiger partial charge is 0.332 e. The first-order valence-electron chi connectivity index (χ1n) is 9.37. The second-order valence-corrected chi connectivity index (χ2v) is 8.19. The normalized spacial score (nSPS) is 14.3. The minimum atomic E-state index is -4.49. The van der Waals surface area contributed by atoms with Crippen molar-refractivity contribution in [3.63, 3.8) is 0 Å². The summed E-state index contributed by atoms with van der Waals surface area (Å²) in [6.45, 7) is 0.686. The Balaban J connectivity index is 1.45. The van der Waals surface area contributed by atoms with Gasteiger partial charge in [0.05, 0.1) is 33.7 Å². The van der Waals surface area contributed by atoms with Crippen LogP contribution >= 0.6 is 11.3 Å². The Morgan fingerprint density at radius 2 is 1.94 bits per heavy atom. The highest BCUT2D eigenvalue weighted by Crippen LogP contribution is 2.35. The summed E-state index contributed by atoms with van der Waals surface area (Å²) < 4.78 is 42.8. The van der Waals surface area contributed by atoms with Gasteiger partial charge < -0.3 is 4.90 Å². The van der Waals surface area contributed by atoms with E-state index < -0.39 is 11.9 Å². The average Bonchev–Trinajstić information content (AvgIpc) is 3.41. The summed E-state index contributed by atoms with van der Waals surface area (Å²) in [4.78, 5) is 23.0. The monoisotopic (exact) mass is 447 g/mol. The number of alkyl halides is 3. The van der Waals surface area contributed by atoms with Crippen molar-refractivity contribution in [1.82, 2.24) is 34.4 Å². The molecule has 5 rings (SSSR count). The minimum absolute atomic E-state index is 0.169. The summed E-state index contributed by atoms with van der Waals surface area (Å²) in [6, 6.07) is 2.80. The van der Waals surface area contributed by atoms with E-state index in [2.05, 4.69) is 20.2 Å². The fourth-order valence-electron chi connectivity index (χ4n) is 3.92. The SMILES string of the molecule is Cn1nc(-c2c3c(nn2C)CN(C(=O)c2cnc4ncsc4c2)CC3)cc1C(F)(F)F. The van der Waals surface area contributed by atoms with E-state index in [0.29, 0.717) is 35.6 Å². The van der Waals surface area contributed by atoms with Crippen LogP contribution in [-0.4, -0.2) is 46.9 Å². The number of halogens is 3. The van der Waals surface area contributed by atoms with Gasteiger partial charge in [-0.1, -0.05) is 0 Å². The van der Waals surface area contributed by atoms with Crippen LogP contribution < -0.4 is 0 Å². The molecule has 0 radical (unpaired) electrons. The third-order valence-corrected chi connectivity index (χ3v) is 6.10. The Kier molecular flexibility index (Phi) is 4.36. The van der Waals surface area contributed by atoms with Crippen LogP contribution in [0.3, 0.4) is 0 Å². The fourth-order valence-corrected chi connectivity index (χ4v) is 4.59. The number of pyridine rings is 1. The first-order chi connectivity index (χ1) is 14.7. The number of hydrogen-bond donors (Lipinski definition) is 0. The largest absolute Gasteiger partial charge is 0.433 e. The molecule has 0 saturated heterocycles. The highest BCUT2D eigenvalue weighted by Gasteiger charge is 2.36. The fraction of sp³-hybridized carbons (Fsp3) is 0.316. The third-order valence-electron chi connectivity index (χ3n) is 5.34. The van der Waals surface area contributed by atoms with E-state index in [9.17, 15) is 18.0 Å². The van der Waals surface area contributed by atoms with Crippen LogP contribution in [0.4, 0.5) is 13.2 Å². The molecule has 1 aliphatic heterocycles. The molecule has 1 aliphatic rings. The van der Waals surface area contributed by atoms with Gasteiger partial charge in [-0.05, 0) is 18.6 Å². The van der Waals surface area contributed by atoms with Crippen LogP contribution in [0, 0.1) is 0 Å². The molecule has 160 valence electrons. The maximum Gasteiger partial charge on any atom is 0.433 e. The number of carbonyl (C=O) groups excluding carboxylic acids is 1. The van der Waals surface area contributed by atoms with Crippen LogP contribution in [0.5, 0.6) is 0 Å². The van der Waals surface area contributed by atoms with Crippen LogP contribution in [0.15, 0.2) is 23.8 Å². The van der Waals surface area contributed by atoms with Crippen molar-refractivity contribution in [2.24, 2.45) is 14.1 Å². The molecule has 0 saturated carbocycles. The number of aryl methyl sites for hydroxylation is 2. The molecule has 5 heterocycles. The molecule has 1 amide bonds. The van der Waals surface area contributed by atoms with E-state index in [-0.39, 0.29) is 18.1 Å². The van der Waals surface area contributed by atoms with Gasteiger partial charge in [0.25, 0.3) is 5.91 Å². The van der Waals surface area contributed by atoms with Gasteiger partial charge in [0, 0.05) is 32.4 Å². The number of thiazole rings is 1. The number of aromatic nitrogens is 6. The molecule has 12 heteroatoms. The topological polar surface area (TPSA) is 81.7 Å². The number of nitrogens with zero attached hydrogens (tertiary/aromatic N) is 7. The lowest BCUT2D eigenvalue weighted by atomic mass is 10.0. The summed E-state index contributed by atoms with van der Waals surface area (Å²) in [7, 11) is 2.94. The first kappa shape index (κ1) is 19.7. The quantitative estimate of drug-likeness (QED) is 0.472. The van der Waals surface area contributed by atoms with Gasteiger partial charge >= 0.3 is 6.18 Å². The lowest BCUT2D eigenvalue weighted by Crippen LogP contribution is -2.36. The number of hydrogen-bond acceptors (Lipinski definition) is 6. The number of amides is 1. The van der Waals surface area contributed by atoms with Gasteiger partial charge in [0.1, 0.15) is 11.4 Å². The standard InChI is InChI=1S/C19H16F3N7OS/c1-27-15(19(20,21)22)6-12(25-27)16-11-3-4-29(8-13(11)26-28(16)2)18(30)10-5-14-17(23-7-10)24-9-31-14/h5-7,9H,3-4,8H2,1-2H3. The van der Waals surface area contributed by atoms with Crippen molar-refractivity contribution in [3.05, 3.63) is 46.4 Å². The minimum Gasteiger partial charge on any atom is -0.332 e. The van der Waals surface area contributed by atoms with Gasteiger partial charge in [-0.2, -0.15) is 23.4 Å². The van der Waals surface area contributed by atoms with Gasteiger partial charge in [0.15, 0.2) is 5.65 Å². The van der Waals surface area contributed by atoms with E-state index >= 15 is 0 Å². The van der Waals surface area contributed by atoms with E-state index in [1.807, 2.05) is 0 Å². The molecular formula is C19H16F3N7OS. The van der Waals surface area contributed by atoms with Gasteiger partial charge in [-0.3, -0.25) is 14.2 Å². The van der Waals surface area contributed by atoms with Crippen LogP contribution in [-0.2, 0) is 33.2 Å². The van der Waals surface area contributed by atoms with Crippen molar-refractivity contribution in [2.75, 3.05) is 6.54 Å². The maximum absolute atomic E-state index is 13.2. The Bertz CT molecular complexity index is 1320. The highest BCUT2D eigenvalue weighted by molar-refractivity contribution is 7.16. The Morgan fingerprint density at radius 1 is 1.13 bits per heavy atom.